The molecule has 1 heterocycles. The van der Waals surface area contributed by atoms with Crippen LogP contribution in [0, 0.1) is 0 Å². The Labute approximate surface area is 89.7 Å². The summed E-state index contributed by atoms with van der Waals surface area (Å²) < 4.78 is 2.01. The number of carbonyl (C=O) groups is 1. The Hall–Kier alpha value is -0.492. The molecule has 0 fully saturated rings. The van der Waals surface area contributed by atoms with Crippen molar-refractivity contribution in [1.29, 1.82) is 0 Å². The van der Waals surface area contributed by atoms with Crippen molar-refractivity contribution in [3.8, 4) is 0 Å². The van der Waals surface area contributed by atoms with Gasteiger partial charge in [0, 0.05) is 0 Å². The summed E-state index contributed by atoms with van der Waals surface area (Å²) in [4.78, 5) is 13.5. The van der Waals surface area contributed by atoms with E-state index < -0.39 is 0 Å². The van der Waals surface area contributed by atoms with E-state index in [4.69, 9.17) is 0 Å². The summed E-state index contributed by atoms with van der Waals surface area (Å²) in [7, 11) is 0. The molecule has 2 nitrogen and oxygen atoms in total. The molecule has 3 heteroatoms. The van der Waals surface area contributed by atoms with Crippen LogP contribution in [0.25, 0.3) is 0 Å². The SMILES string of the molecule is CC(C)N1CC=C(C=C[CH]=[W])C1=O. The van der Waals surface area contributed by atoms with E-state index in [1.165, 1.54) is 19.4 Å². The fraction of sp³-hybridized carbons (Fsp3) is 0.400. The summed E-state index contributed by atoms with van der Waals surface area (Å²) in [5, 5.41) is 0. The third-order valence-electron chi connectivity index (χ3n) is 1.99. The number of rotatable bonds is 3. The Balaban J connectivity index is 2.68. The van der Waals surface area contributed by atoms with Crippen molar-refractivity contribution in [2.75, 3.05) is 6.54 Å². The molecule has 1 aliphatic rings. The maximum absolute atomic E-state index is 11.7. The Morgan fingerprint density at radius 3 is 2.77 bits per heavy atom. The number of carbonyl (C=O) groups excluding carboxylic acids is 1. The van der Waals surface area contributed by atoms with E-state index in [1.54, 1.807) is 0 Å². The van der Waals surface area contributed by atoms with Crippen molar-refractivity contribution in [1.82, 2.24) is 4.90 Å². The van der Waals surface area contributed by atoms with Gasteiger partial charge in [0.1, 0.15) is 0 Å². The van der Waals surface area contributed by atoms with Gasteiger partial charge in [-0.3, -0.25) is 0 Å². The Morgan fingerprint density at radius 1 is 1.62 bits per heavy atom. The summed E-state index contributed by atoms with van der Waals surface area (Å²) in [5.74, 6) is 0.156. The molecule has 0 aromatic rings. The number of hydrogen-bond acceptors (Lipinski definition) is 1. The summed E-state index contributed by atoms with van der Waals surface area (Å²) in [6.45, 7) is 4.83. The predicted molar refractivity (Wildman–Crippen MR) is 50.1 cm³/mol. The molecular weight excluding hydrogens is 334 g/mol. The number of allylic oxidation sites excluding steroid dienone is 1. The van der Waals surface area contributed by atoms with E-state index in [0.29, 0.717) is 6.04 Å². The maximum atomic E-state index is 11.7. The first-order chi connectivity index (χ1) is 6.16. The summed E-state index contributed by atoms with van der Waals surface area (Å²) >= 11 is 1.40. The molecule has 1 rings (SSSR count). The van der Waals surface area contributed by atoms with Gasteiger partial charge in [-0.1, -0.05) is 0 Å². The quantitative estimate of drug-likeness (QED) is 0.748. The van der Waals surface area contributed by atoms with Crippen LogP contribution in [0.2, 0.25) is 0 Å². The van der Waals surface area contributed by atoms with Crippen LogP contribution in [0.15, 0.2) is 23.8 Å². The first-order valence-corrected chi connectivity index (χ1v) is 5.99. The van der Waals surface area contributed by atoms with Crippen LogP contribution in [0.1, 0.15) is 13.8 Å². The molecule has 0 unspecified atom stereocenters. The Bertz CT molecular complexity index is 279. The van der Waals surface area contributed by atoms with Gasteiger partial charge in [0.2, 0.25) is 0 Å². The van der Waals surface area contributed by atoms with Gasteiger partial charge in [0.05, 0.1) is 0 Å². The molecule has 0 aromatic heterocycles. The van der Waals surface area contributed by atoms with Gasteiger partial charge in [0.15, 0.2) is 0 Å². The van der Waals surface area contributed by atoms with E-state index in [0.717, 1.165) is 12.1 Å². The molecule has 0 aliphatic carbocycles. The molecule has 70 valence electrons. The molecule has 0 aromatic carbocycles. The molecule has 0 radical (unpaired) electrons. The monoisotopic (exact) mass is 347 g/mol. The molecule has 0 spiro atoms. The zero-order valence-electron chi connectivity index (χ0n) is 7.86. The predicted octanol–water partition coefficient (Wildman–Crippen LogP) is 1.07. The van der Waals surface area contributed by atoms with Gasteiger partial charge in [-0.25, -0.2) is 0 Å². The van der Waals surface area contributed by atoms with Gasteiger partial charge in [-0.15, -0.1) is 0 Å². The molecule has 13 heavy (non-hydrogen) atoms. The molecule has 0 saturated heterocycles. The number of amides is 1. The van der Waals surface area contributed by atoms with Crippen molar-refractivity contribution < 1.29 is 24.1 Å². The van der Waals surface area contributed by atoms with E-state index in [1.807, 2.05) is 41.4 Å². The van der Waals surface area contributed by atoms with Crippen molar-refractivity contribution in [3.63, 3.8) is 0 Å². The molecule has 1 amide bonds. The van der Waals surface area contributed by atoms with Crippen molar-refractivity contribution >= 4 is 10.3 Å². The third-order valence-corrected chi connectivity index (χ3v) is 2.56. The van der Waals surface area contributed by atoms with Crippen LogP contribution in [0.3, 0.4) is 0 Å². The van der Waals surface area contributed by atoms with Crippen LogP contribution >= 0.6 is 0 Å². The van der Waals surface area contributed by atoms with Crippen molar-refractivity contribution in [2.24, 2.45) is 0 Å². The average Bonchev–Trinajstić information content (AvgIpc) is 2.43. The second-order valence-corrected chi connectivity index (χ2v) is 4.18. The molecular formula is C10H13NOW. The minimum absolute atomic E-state index is 0.156. The fourth-order valence-electron chi connectivity index (χ4n) is 1.26. The topological polar surface area (TPSA) is 20.3 Å². The molecule has 1 aliphatic heterocycles. The van der Waals surface area contributed by atoms with E-state index in [-0.39, 0.29) is 5.91 Å². The second kappa shape index (κ2) is 4.66. The van der Waals surface area contributed by atoms with Crippen LogP contribution in [0.4, 0.5) is 0 Å². The van der Waals surface area contributed by atoms with Gasteiger partial charge in [-0.2, -0.15) is 0 Å². The summed E-state index contributed by atoms with van der Waals surface area (Å²) in [6, 6.07) is 0.297. The van der Waals surface area contributed by atoms with Crippen LogP contribution in [-0.2, 0) is 24.1 Å². The standard InChI is InChI=1S/C10H13NO.W/c1-4-5-9-6-7-11(8(2)3)10(9)12;/h1,4-6,8H,7H2,2-3H3;. The molecule has 0 saturated carbocycles. The van der Waals surface area contributed by atoms with Crippen LogP contribution in [-0.4, -0.2) is 27.8 Å². The van der Waals surface area contributed by atoms with Crippen molar-refractivity contribution in [3.05, 3.63) is 23.8 Å². The zero-order valence-corrected chi connectivity index (χ0v) is 10.8. The number of nitrogens with zero attached hydrogens (tertiary/aromatic N) is 1. The first kappa shape index (κ1) is 10.6. The van der Waals surface area contributed by atoms with Gasteiger partial charge < -0.3 is 0 Å². The van der Waals surface area contributed by atoms with E-state index >= 15 is 0 Å². The van der Waals surface area contributed by atoms with Crippen LogP contribution in [0.5, 0.6) is 0 Å². The zero-order chi connectivity index (χ0) is 9.84. The number of hydrogen-bond donors (Lipinski definition) is 0. The van der Waals surface area contributed by atoms with Crippen molar-refractivity contribution in [2.45, 2.75) is 19.9 Å². The average molecular weight is 347 g/mol. The normalized spacial score (nSPS) is 17.3. The van der Waals surface area contributed by atoms with E-state index in [2.05, 4.69) is 0 Å². The van der Waals surface area contributed by atoms with Gasteiger partial charge in [-0.05, 0) is 0 Å². The summed E-state index contributed by atoms with van der Waals surface area (Å²) in [5.41, 5.74) is 0.825. The fourth-order valence-corrected chi connectivity index (χ4v) is 1.54. The Morgan fingerprint density at radius 2 is 2.31 bits per heavy atom. The second-order valence-electron chi connectivity index (χ2n) is 3.21. The molecule has 0 bridgehead atoms. The summed E-state index contributed by atoms with van der Waals surface area (Å²) in [6.07, 6.45) is 5.80. The van der Waals surface area contributed by atoms with Gasteiger partial charge in [0.25, 0.3) is 0 Å². The minimum atomic E-state index is 0.156. The molecule has 0 N–H and O–H groups in total. The Kier molecular flexibility index (Phi) is 3.80. The third kappa shape index (κ3) is 2.47. The molecule has 0 atom stereocenters. The van der Waals surface area contributed by atoms with Crippen LogP contribution < -0.4 is 0 Å². The van der Waals surface area contributed by atoms with Gasteiger partial charge >= 0.3 is 89.6 Å². The van der Waals surface area contributed by atoms with E-state index in [9.17, 15) is 4.79 Å². The first-order valence-electron chi connectivity index (χ1n) is 4.29.